The monoisotopic (exact) mass is 629 g/mol. The van der Waals surface area contributed by atoms with Crippen molar-refractivity contribution in [1.29, 1.82) is 0 Å². The van der Waals surface area contributed by atoms with E-state index in [-0.39, 0.29) is 44.8 Å². The Labute approximate surface area is 233 Å². The van der Waals surface area contributed by atoms with Crippen molar-refractivity contribution in [2.45, 2.75) is 78.9 Å². The molecule has 0 fully saturated rings. The number of aliphatic carboxylic acids is 1. The van der Waals surface area contributed by atoms with Gasteiger partial charge in [-0.15, -0.1) is 0 Å². The fourth-order valence-electron chi connectivity index (χ4n) is 4.38. The van der Waals surface area contributed by atoms with Crippen molar-refractivity contribution in [2.75, 3.05) is 22.6 Å². The second-order valence-electron chi connectivity index (χ2n) is 11.5. The molecular weight excluding hydrogens is 583 g/mol. The van der Waals surface area contributed by atoms with Crippen LogP contribution in [-0.4, -0.2) is 64.9 Å². The van der Waals surface area contributed by atoms with Crippen molar-refractivity contribution in [3.63, 3.8) is 0 Å². The Morgan fingerprint density at radius 3 is 2.14 bits per heavy atom. The summed E-state index contributed by atoms with van der Waals surface area (Å²) in [5, 5.41) is 15.6. The van der Waals surface area contributed by atoms with Crippen LogP contribution in [0.15, 0.2) is 35.9 Å². The second kappa shape index (κ2) is 13.6. The molecule has 0 aliphatic heterocycles. The summed E-state index contributed by atoms with van der Waals surface area (Å²) >= 11 is -0.137. The van der Waals surface area contributed by atoms with Crippen molar-refractivity contribution in [2.24, 2.45) is 11.3 Å². The minimum atomic E-state index is -1.02. The van der Waals surface area contributed by atoms with E-state index in [0.29, 0.717) is 0 Å². The zero-order chi connectivity index (χ0) is 28.7. The average Bonchev–Trinajstić information content (AvgIpc) is 2.79. The zero-order valence-corrected chi connectivity index (χ0v) is 26.4. The molecule has 0 aliphatic rings. The molecule has 0 spiro atoms. The molecular formula is C28H46IN4O4-. The molecule has 0 radical (unpaired) electrons. The number of alkyl halides is 1. The maximum atomic E-state index is 13.8. The molecule has 210 valence electrons. The summed E-state index contributed by atoms with van der Waals surface area (Å²) < 4.78 is 3.42. The number of rotatable bonds is 12. The number of halogens is 1. The van der Waals surface area contributed by atoms with E-state index in [1.54, 1.807) is 25.1 Å². The Morgan fingerprint density at radius 2 is 1.68 bits per heavy atom. The average molecular weight is 630 g/mol. The quantitative estimate of drug-likeness (QED) is 0.117. The van der Waals surface area contributed by atoms with Crippen LogP contribution in [0, 0.1) is 11.3 Å². The third-order valence-electron chi connectivity index (χ3n) is 6.72. The predicted molar refractivity (Wildman–Crippen MR) is 146 cm³/mol. The number of likely N-dealkylation sites (N-methyl/N-ethyl adjacent to an activating group) is 2. The number of nitrogens with zero attached hydrogens (tertiary/aromatic N) is 1. The van der Waals surface area contributed by atoms with Crippen LogP contribution >= 0.6 is 0 Å². The summed E-state index contributed by atoms with van der Waals surface area (Å²) in [6.07, 6.45) is 1.60. The van der Waals surface area contributed by atoms with Crippen LogP contribution in [0.3, 0.4) is 0 Å². The molecule has 37 heavy (non-hydrogen) atoms. The molecule has 1 aromatic rings. The Morgan fingerprint density at radius 1 is 1.08 bits per heavy atom. The van der Waals surface area contributed by atoms with Gasteiger partial charge in [0.15, 0.2) is 0 Å². The summed E-state index contributed by atoms with van der Waals surface area (Å²) in [4.78, 5) is 42.6. The number of nitrogens with one attached hydrogen (secondary N) is 3. The van der Waals surface area contributed by atoms with Gasteiger partial charge in [0, 0.05) is 5.57 Å². The van der Waals surface area contributed by atoms with Crippen LogP contribution in [0.1, 0.15) is 61.0 Å². The summed E-state index contributed by atoms with van der Waals surface area (Å²) in [7, 11) is 3.41. The third kappa shape index (κ3) is 8.70. The molecule has 1 rings (SSSR count). The van der Waals surface area contributed by atoms with E-state index in [0.717, 1.165) is 11.3 Å². The van der Waals surface area contributed by atoms with Gasteiger partial charge >= 0.3 is 186 Å². The molecule has 3 atom stereocenters. The van der Waals surface area contributed by atoms with Gasteiger partial charge in [-0.3, -0.25) is 0 Å². The first-order chi connectivity index (χ1) is 17.0. The molecule has 0 heterocycles. The molecule has 9 heteroatoms. The summed E-state index contributed by atoms with van der Waals surface area (Å²) in [5.74, 6) is -1.57. The van der Waals surface area contributed by atoms with Crippen LogP contribution in [0.4, 0.5) is 5.69 Å². The van der Waals surface area contributed by atoms with Crippen molar-refractivity contribution in [3.8, 4) is 0 Å². The van der Waals surface area contributed by atoms with E-state index >= 15 is 0 Å². The number of hydrogen-bond donors (Lipinski definition) is 4. The standard InChI is InChI=1S/C28H46IN4O4/c1-17(2)21(15-18(3)26(36)37)33(11)25(35)23(27(4,5)6)31-24(34)22(30-10)28(7,8)19-13-12-14-20(16-19)32-29-9/h12-17,21-23,30,32H,1-11H3,(H,31,34)(H,36,37)/q-1/b18-15+/t21-,22?,23-/m1/s1. The molecule has 2 amide bonds. The van der Waals surface area contributed by atoms with Crippen LogP contribution in [-0.2, 0) is 19.8 Å². The number of benzene rings is 1. The Kier molecular flexibility index (Phi) is 12.1. The van der Waals surface area contributed by atoms with E-state index in [4.69, 9.17) is 0 Å². The molecule has 8 nitrogen and oxygen atoms in total. The topological polar surface area (TPSA) is 111 Å². The number of hydrogen-bond acceptors (Lipinski definition) is 5. The van der Waals surface area contributed by atoms with Gasteiger partial charge in [0.1, 0.15) is 0 Å². The first-order valence-electron chi connectivity index (χ1n) is 12.5. The first kappa shape index (κ1) is 32.9. The van der Waals surface area contributed by atoms with Gasteiger partial charge in [-0.25, -0.2) is 4.79 Å². The normalized spacial score (nSPS) is 15.2. The molecule has 0 saturated heterocycles. The molecule has 4 N–H and O–H groups in total. The fraction of sp³-hybridized carbons (Fsp3) is 0.607. The third-order valence-corrected chi connectivity index (χ3v) is 7.88. The number of carboxylic acids is 1. The summed E-state index contributed by atoms with van der Waals surface area (Å²) in [5.41, 5.74) is 1.07. The van der Waals surface area contributed by atoms with E-state index in [1.165, 1.54) is 6.92 Å². The molecule has 0 aliphatic carbocycles. The second-order valence-corrected chi connectivity index (χ2v) is 13.1. The van der Waals surface area contributed by atoms with Gasteiger partial charge in [-0.05, 0) is 12.8 Å². The SMILES string of the molecule is CNC(C(=O)N[C@H](C(=O)N(C)[C@H](/C=C(\C)C(=O)O)C(C)C)C(C)(C)C)C(C)(C)c1cccc(N[I-]C)c1. The van der Waals surface area contributed by atoms with E-state index in [9.17, 15) is 19.5 Å². The fourth-order valence-corrected chi connectivity index (χ4v) is 5.34. The number of carbonyl (C=O) groups is 3. The van der Waals surface area contributed by atoms with Gasteiger partial charge in [-0.2, -0.15) is 0 Å². The van der Waals surface area contributed by atoms with Crippen LogP contribution < -0.4 is 35.6 Å². The minimum absolute atomic E-state index is 0.0185. The first-order valence-corrected chi connectivity index (χ1v) is 15.7. The van der Waals surface area contributed by atoms with Crippen LogP contribution in [0.25, 0.3) is 0 Å². The maximum absolute atomic E-state index is 13.8. The summed E-state index contributed by atoms with van der Waals surface area (Å²) in [6.45, 7) is 15.2. The number of carboxylic acid groups (broad SMARTS) is 1. The van der Waals surface area contributed by atoms with Gasteiger partial charge in [0.2, 0.25) is 0 Å². The Balaban J connectivity index is 3.33. The molecule has 0 aromatic heterocycles. The van der Waals surface area contributed by atoms with Crippen molar-refractivity contribution in [1.82, 2.24) is 15.5 Å². The van der Waals surface area contributed by atoms with Gasteiger partial charge < -0.3 is 5.11 Å². The molecule has 1 aromatic carbocycles. The molecule has 0 bridgehead atoms. The predicted octanol–water partition coefficient (Wildman–Crippen LogP) is 0.643. The van der Waals surface area contributed by atoms with Crippen LogP contribution in [0.5, 0.6) is 0 Å². The van der Waals surface area contributed by atoms with Gasteiger partial charge in [0.25, 0.3) is 0 Å². The van der Waals surface area contributed by atoms with E-state index < -0.39 is 34.9 Å². The molecule has 0 saturated carbocycles. The van der Waals surface area contributed by atoms with Crippen molar-refractivity contribution >= 4 is 23.5 Å². The van der Waals surface area contributed by atoms with E-state index in [2.05, 4.69) is 25.2 Å². The van der Waals surface area contributed by atoms with Gasteiger partial charge in [-0.1, -0.05) is 19.9 Å². The number of anilines is 1. The van der Waals surface area contributed by atoms with E-state index in [1.807, 2.05) is 66.7 Å². The van der Waals surface area contributed by atoms with Gasteiger partial charge in [0.05, 0.1) is 0 Å². The van der Waals surface area contributed by atoms with Crippen LogP contribution in [0.2, 0.25) is 0 Å². The Hall–Kier alpha value is -2.14. The summed E-state index contributed by atoms with van der Waals surface area (Å²) in [6, 6.07) is 6.25. The van der Waals surface area contributed by atoms with Crippen molar-refractivity contribution < 1.29 is 41.0 Å². The number of carbonyl (C=O) groups excluding carboxylic acids is 2. The van der Waals surface area contributed by atoms with Crippen molar-refractivity contribution in [3.05, 3.63) is 41.5 Å². The molecule has 1 unspecified atom stereocenters. The Bertz CT molecular complexity index is 985. The number of amides is 2. The zero-order valence-electron chi connectivity index (χ0n) is 24.2.